The maximum absolute atomic E-state index is 6.13. The SMILES string of the molecule is CC(C)(C)C#Cc1cc(-c2ccnc(Nc3cn(C4CCCCO4)cn3)c2)cc2c(N)n[nH]c12. The Morgan fingerprint density at radius 1 is 1.15 bits per heavy atom. The van der Waals surface area contributed by atoms with E-state index in [9.17, 15) is 0 Å². The van der Waals surface area contributed by atoms with Crippen molar-refractivity contribution >= 4 is 28.4 Å². The molecule has 4 N–H and O–H groups in total. The molecule has 1 fully saturated rings. The Balaban J connectivity index is 1.45. The molecule has 3 aromatic heterocycles. The summed E-state index contributed by atoms with van der Waals surface area (Å²) in [5, 5.41) is 11.4. The molecule has 1 unspecified atom stereocenters. The third-order valence-electron chi connectivity index (χ3n) is 5.71. The number of aromatic amines is 1. The molecule has 4 heterocycles. The highest BCUT2D eigenvalue weighted by molar-refractivity contribution is 5.96. The summed E-state index contributed by atoms with van der Waals surface area (Å²) in [5.41, 5.74) is 9.71. The standard InChI is InChI=1S/C26H29N7O/c1-26(2,3)9-7-18-12-19(13-20-24(18)31-32-25(20)27)17-8-10-28-21(14-17)30-22-15-33(16-29-22)23-6-4-5-11-34-23/h8,10,12-16,23H,4-6,11H2,1-3H3,(H,28,30)(H3,27,31,32). The van der Waals surface area contributed by atoms with Crippen LogP contribution in [0.1, 0.15) is 51.8 Å². The van der Waals surface area contributed by atoms with Gasteiger partial charge >= 0.3 is 0 Å². The highest BCUT2D eigenvalue weighted by atomic mass is 16.5. The number of nitrogens with two attached hydrogens (primary N) is 1. The van der Waals surface area contributed by atoms with Crippen molar-refractivity contribution < 1.29 is 4.74 Å². The molecule has 1 saturated heterocycles. The molecule has 174 valence electrons. The van der Waals surface area contributed by atoms with E-state index in [0.29, 0.717) is 11.6 Å². The van der Waals surface area contributed by atoms with Gasteiger partial charge in [0.1, 0.15) is 17.9 Å². The zero-order chi connectivity index (χ0) is 23.7. The first-order chi connectivity index (χ1) is 16.4. The molecule has 34 heavy (non-hydrogen) atoms. The Bertz CT molecular complexity index is 1380. The lowest BCUT2D eigenvalue weighted by molar-refractivity contribution is -0.0319. The number of nitrogens with zero attached hydrogens (tertiary/aromatic N) is 4. The van der Waals surface area contributed by atoms with Crippen LogP contribution in [0, 0.1) is 17.3 Å². The summed E-state index contributed by atoms with van der Waals surface area (Å²) in [5.74, 6) is 8.50. The molecule has 4 aromatic rings. The highest BCUT2D eigenvalue weighted by Crippen LogP contribution is 2.31. The van der Waals surface area contributed by atoms with Gasteiger partial charge in [0.15, 0.2) is 5.82 Å². The number of imidazole rings is 1. The molecule has 1 aromatic carbocycles. The van der Waals surface area contributed by atoms with E-state index in [2.05, 4.69) is 64.2 Å². The second-order valence-corrected chi connectivity index (χ2v) is 9.64. The number of nitrogen functional groups attached to an aromatic ring is 1. The van der Waals surface area contributed by atoms with Gasteiger partial charge in [-0.05, 0) is 75.4 Å². The number of H-pyrrole nitrogens is 1. The summed E-state index contributed by atoms with van der Waals surface area (Å²) in [6.45, 7) is 7.06. The first-order valence-electron chi connectivity index (χ1n) is 11.5. The second-order valence-electron chi connectivity index (χ2n) is 9.64. The highest BCUT2D eigenvalue weighted by Gasteiger charge is 2.16. The van der Waals surface area contributed by atoms with E-state index in [1.807, 2.05) is 29.0 Å². The van der Waals surface area contributed by atoms with E-state index < -0.39 is 0 Å². The fraction of sp³-hybridized carbons (Fsp3) is 0.346. The fourth-order valence-corrected chi connectivity index (χ4v) is 3.99. The van der Waals surface area contributed by atoms with Gasteiger partial charge in [-0.3, -0.25) is 5.10 Å². The predicted molar refractivity (Wildman–Crippen MR) is 134 cm³/mol. The number of hydrogen-bond donors (Lipinski definition) is 3. The summed E-state index contributed by atoms with van der Waals surface area (Å²) in [4.78, 5) is 8.96. The quantitative estimate of drug-likeness (QED) is 0.363. The predicted octanol–water partition coefficient (Wildman–Crippen LogP) is 5.24. The smallest absolute Gasteiger partial charge is 0.153 e. The summed E-state index contributed by atoms with van der Waals surface area (Å²) >= 11 is 0. The lowest BCUT2D eigenvalue weighted by atomic mass is 9.96. The average molecular weight is 456 g/mol. The Labute approximate surface area is 198 Å². The Morgan fingerprint density at radius 2 is 2.03 bits per heavy atom. The third-order valence-corrected chi connectivity index (χ3v) is 5.71. The monoisotopic (exact) mass is 455 g/mol. The number of nitrogens with one attached hydrogen (secondary N) is 2. The molecule has 1 aliphatic rings. The zero-order valence-electron chi connectivity index (χ0n) is 19.7. The molecule has 0 saturated carbocycles. The largest absolute Gasteiger partial charge is 0.382 e. The first-order valence-corrected chi connectivity index (χ1v) is 11.5. The Morgan fingerprint density at radius 3 is 2.82 bits per heavy atom. The van der Waals surface area contributed by atoms with Gasteiger partial charge in [-0.1, -0.05) is 11.8 Å². The minimum absolute atomic E-state index is 0.0517. The molecule has 1 atom stereocenters. The number of hydrogen-bond acceptors (Lipinski definition) is 6. The van der Waals surface area contributed by atoms with E-state index >= 15 is 0 Å². The molecule has 0 aliphatic carbocycles. The van der Waals surface area contributed by atoms with Crippen LogP contribution in [0.25, 0.3) is 22.0 Å². The topological polar surface area (TPSA) is 107 Å². The molecule has 1 aliphatic heterocycles. The Hall–Kier alpha value is -3.83. The van der Waals surface area contributed by atoms with Crippen molar-refractivity contribution in [2.45, 2.75) is 46.3 Å². The second kappa shape index (κ2) is 8.84. The maximum atomic E-state index is 6.13. The van der Waals surface area contributed by atoms with Crippen LogP contribution in [0.5, 0.6) is 0 Å². The number of anilines is 3. The van der Waals surface area contributed by atoms with Gasteiger partial charge in [0.25, 0.3) is 0 Å². The van der Waals surface area contributed by atoms with Crippen molar-refractivity contribution in [2.24, 2.45) is 5.41 Å². The number of rotatable bonds is 4. The molecular weight excluding hydrogens is 426 g/mol. The van der Waals surface area contributed by atoms with Crippen LogP contribution >= 0.6 is 0 Å². The minimum Gasteiger partial charge on any atom is -0.382 e. The molecule has 0 radical (unpaired) electrons. The van der Waals surface area contributed by atoms with Gasteiger partial charge in [-0.2, -0.15) is 5.10 Å². The summed E-state index contributed by atoms with van der Waals surface area (Å²) < 4.78 is 7.86. The van der Waals surface area contributed by atoms with E-state index in [0.717, 1.165) is 52.9 Å². The number of fused-ring (bicyclic) bond motifs is 1. The summed E-state index contributed by atoms with van der Waals surface area (Å²) in [7, 11) is 0. The van der Waals surface area contributed by atoms with Crippen molar-refractivity contribution in [3.8, 4) is 23.0 Å². The van der Waals surface area contributed by atoms with E-state index in [-0.39, 0.29) is 11.6 Å². The van der Waals surface area contributed by atoms with Crippen molar-refractivity contribution in [3.05, 3.63) is 48.5 Å². The number of aromatic nitrogens is 5. The van der Waals surface area contributed by atoms with Crippen LogP contribution in [-0.4, -0.2) is 31.3 Å². The van der Waals surface area contributed by atoms with E-state index in [4.69, 9.17) is 10.5 Å². The van der Waals surface area contributed by atoms with Crippen LogP contribution < -0.4 is 11.1 Å². The normalized spacial score (nSPS) is 16.3. The Kier molecular flexibility index (Phi) is 5.72. The van der Waals surface area contributed by atoms with Crippen LogP contribution in [0.3, 0.4) is 0 Å². The van der Waals surface area contributed by atoms with E-state index in [1.54, 1.807) is 12.5 Å². The molecular formula is C26H29N7O. The third kappa shape index (κ3) is 4.75. The van der Waals surface area contributed by atoms with Gasteiger partial charge in [-0.25, -0.2) is 9.97 Å². The molecule has 8 nitrogen and oxygen atoms in total. The molecule has 0 spiro atoms. The van der Waals surface area contributed by atoms with Crippen LogP contribution in [0.15, 0.2) is 43.0 Å². The van der Waals surface area contributed by atoms with Crippen LogP contribution in [0.2, 0.25) is 0 Å². The minimum atomic E-state index is -0.117. The number of pyridine rings is 1. The van der Waals surface area contributed by atoms with Crippen LogP contribution in [-0.2, 0) is 4.74 Å². The molecule has 5 rings (SSSR count). The van der Waals surface area contributed by atoms with Gasteiger partial charge in [-0.15, -0.1) is 0 Å². The van der Waals surface area contributed by atoms with Gasteiger partial charge in [0.05, 0.1) is 23.6 Å². The summed E-state index contributed by atoms with van der Waals surface area (Å²) in [6.07, 6.45) is 8.89. The zero-order valence-corrected chi connectivity index (χ0v) is 19.7. The fourth-order valence-electron chi connectivity index (χ4n) is 3.99. The lowest BCUT2D eigenvalue weighted by Crippen LogP contribution is -2.16. The number of benzene rings is 1. The van der Waals surface area contributed by atoms with Gasteiger partial charge < -0.3 is 20.4 Å². The van der Waals surface area contributed by atoms with Crippen molar-refractivity contribution in [1.82, 2.24) is 24.7 Å². The number of ether oxygens (including phenoxy) is 1. The van der Waals surface area contributed by atoms with Gasteiger partial charge in [0, 0.05) is 23.6 Å². The van der Waals surface area contributed by atoms with Crippen LogP contribution in [0.4, 0.5) is 17.5 Å². The van der Waals surface area contributed by atoms with Gasteiger partial charge in [0.2, 0.25) is 0 Å². The van der Waals surface area contributed by atoms with Crippen molar-refractivity contribution in [2.75, 3.05) is 17.7 Å². The van der Waals surface area contributed by atoms with Crippen molar-refractivity contribution in [1.29, 1.82) is 0 Å². The average Bonchev–Trinajstić information content (AvgIpc) is 3.45. The molecule has 0 bridgehead atoms. The van der Waals surface area contributed by atoms with E-state index in [1.165, 1.54) is 6.42 Å². The maximum Gasteiger partial charge on any atom is 0.153 e. The van der Waals surface area contributed by atoms with Crippen molar-refractivity contribution in [3.63, 3.8) is 0 Å². The lowest BCUT2D eigenvalue weighted by Gasteiger charge is -2.23. The molecule has 0 amide bonds. The first kappa shape index (κ1) is 22.0. The molecule has 8 heteroatoms. The summed E-state index contributed by atoms with van der Waals surface area (Å²) in [6, 6.07) is 8.06.